The summed E-state index contributed by atoms with van der Waals surface area (Å²) < 4.78 is 54.2. The molecule has 2 aromatic carbocycles. The van der Waals surface area contributed by atoms with Crippen molar-refractivity contribution in [2.45, 2.75) is 17.9 Å². The third-order valence-electron chi connectivity index (χ3n) is 4.96. The molecule has 0 saturated carbocycles. The number of nitrogens with one attached hydrogen (secondary N) is 2. The molecular weight excluding hydrogens is 388 g/mol. The lowest BCUT2D eigenvalue weighted by Gasteiger charge is -2.34. The van der Waals surface area contributed by atoms with E-state index in [2.05, 4.69) is 5.32 Å². The van der Waals surface area contributed by atoms with Crippen molar-refractivity contribution >= 4 is 21.6 Å². The van der Waals surface area contributed by atoms with Crippen molar-refractivity contribution in [2.75, 3.05) is 31.5 Å². The third kappa shape index (κ3) is 4.21. The Morgan fingerprint density at radius 2 is 1.61 bits per heavy atom. The van der Waals surface area contributed by atoms with Crippen LogP contribution in [-0.4, -0.2) is 50.9 Å². The van der Waals surface area contributed by atoms with Gasteiger partial charge in [0.2, 0.25) is 10.0 Å². The minimum Gasteiger partial charge on any atom is -0.323 e. The van der Waals surface area contributed by atoms with Gasteiger partial charge in [-0.3, -0.25) is 4.79 Å². The Morgan fingerprint density at radius 3 is 2.18 bits per heavy atom. The van der Waals surface area contributed by atoms with E-state index in [0.717, 1.165) is 17.0 Å². The summed E-state index contributed by atoms with van der Waals surface area (Å²) in [5.74, 6) is -2.19. The van der Waals surface area contributed by atoms with Crippen molar-refractivity contribution in [3.05, 3.63) is 60.2 Å². The molecule has 2 aromatic rings. The van der Waals surface area contributed by atoms with Gasteiger partial charge >= 0.3 is 0 Å². The molecule has 1 amide bonds. The molecule has 3 rings (SSSR count). The Hall–Kier alpha value is -2.36. The number of piperazine rings is 1. The summed E-state index contributed by atoms with van der Waals surface area (Å²) in [4.78, 5) is 13.5. The van der Waals surface area contributed by atoms with Gasteiger partial charge in [-0.15, -0.1) is 0 Å². The zero-order valence-electron chi connectivity index (χ0n) is 15.4. The number of sulfonamides is 1. The van der Waals surface area contributed by atoms with Gasteiger partial charge in [-0.2, -0.15) is 4.31 Å². The van der Waals surface area contributed by atoms with Crippen LogP contribution in [0, 0.1) is 11.6 Å². The molecule has 0 unspecified atom stereocenters. The van der Waals surface area contributed by atoms with E-state index in [1.54, 1.807) is 37.3 Å². The average molecular weight is 410 g/mol. The summed E-state index contributed by atoms with van der Waals surface area (Å²) in [5, 5.41) is 2.30. The highest BCUT2D eigenvalue weighted by Gasteiger charge is 2.34. The molecule has 0 aliphatic carbocycles. The monoisotopic (exact) mass is 410 g/mol. The largest absolute Gasteiger partial charge is 0.323 e. The van der Waals surface area contributed by atoms with Crippen LogP contribution in [0.25, 0.3) is 0 Å². The first kappa shape index (κ1) is 20.4. The van der Waals surface area contributed by atoms with E-state index < -0.39 is 39.3 Å². The van der Waals surface area contributed by atoms with E-state index in [1.807, 2.05) is 0 Å². The number of nitrogens with zero attached hydrogens (tertiary/aromatic N) is 1. The fourth-order valence-corrected chi connectivity index (χ4v) is 4.68. The summed E-state index contributed by atoms with van der Waals surface area (Å²) >= 11 is 0. The number of para-hydroxylation sites is 1. The quantitative estimate of drug-likeness (QED) is 0.769. The van der Waals surface area contributed by atoms with Crippen LogP contribution >= 0.6 is 0 Å². The Morgan fingerprint density at radius 1 is 1.04 bits per heavy atom. The minimum absolute atomic E-state index is 0.235. The molecule has 0 radical (unpaired) electrons. The maximum absolute atomic E-state index is 13.7. The zero-order valence-corrected chi connectivity index (χ0v) is 16.2. The fraction of sp³-hybridized carbons (Fsp3) is 0.316. The van der Waals surface area contributed by atoms with Gasteiger partial charge in [-0.05, 0) is 31.2 Å². The number of carbonyl (C=O) groups excluding carboxylic acids is 1. The van der Waals surface area contributed by atoms with Gasteiger partial charge in [0.05, 0.1) is 31.1 Å². The van der Waals surface area contributed by atoms with E-state index in [9.17, 15) is 22.0 Å². The summed E-state index contributed by atoms with van der Waals surface area (Å²) in [7, 11) is -3.57. The van der Waals surface area contributed by atoms with Gasteiger partial charge in [0.15, 0.2) is 6.04 Å². The van der Waals surface area contributed by atoms with Gasteiger partial charge in [0.1, 0.15) is 17.3 Å². The second-order valence-electron chi connectivity index (χ2n) is 6.68. The van der Waals surface area contributed by atoms with Crippen LogP contribution in [0.15, 0.2) is 53.4 Å². The number of rotatable bonds is 5. The van der Waals surface area contributed by atoms with Crippen molar-refractivity contribution in [2.24, 2.45) is 0 Å². The first-order valence-corrected chi connectivity index (χ1v) is 10.4. The molecule has 6 nitrogen and oxygen atoms in total. The molecule has 2 N–H and O–H groups in total. The van der Waals surface area contributed by atoms with E-state index >= 15 is 0 Å². The van der Waals surface area contributed by atoms with Crippen molar-refractivity contribution in [1.82, 2.24) is 4.31 Å². The minimum atomic E-state index is -3.57. The highest BCUT2D eigenvalue weighted by molar-refractivity contribution is 7.89. The molecule has 0 bridgehead atoms. The Bertz CT molecular complexity index is 926. The van der Waals surface area contributed by atoms with Crippen LogP contribution in [0.2, 0.25) is 0 Å². The summed E-state index contributed by atoms with van der Waals surface area (Å²) in [6.07, 6.45) is 0. The van der Waals surface area contributed by atoms with Crippen LogP contribution in [0.4, 0.5) is 14.5 Å². The SMILES string of the molecule is C[C@H](C(=O)Nc1c(F)cccc1F)[NH+]1CCN(S(=O)(=O)c2ccccc2)CC1. The molecule has 1 heterocycles. The molecule has 0 spiro atoms. The van der Waals surface area contributed by atoms with Gasteiger partial charge < -0.3 is 10.2 Å². The summed E-state index contributed by atoms with van der Waals surface area (Å²) in [6.45, 7) is 3.02. The Kier molecular flexibility index (Phi) is 6.07. The maximum atomic E-state index is 13.7. The van der Waals surface area contributed by atoms with Gasteiger partial charge in [-0.1, -0.05) is 24.3 Å². The van der Waals surface area contributed by atoms with Crippen LogP contribution < -0.4 is 10.2 Å². The lowest BCUT2D eigenvalue weighted by Crippen LogP contribution is -3.19. The predicted octanol–water partition coefficient (Wildman–Crippen LogP) is 0.881. The molecule has 150 valence electrons. The second-order valence-corrected chi connectivity index (χ2v) is 8.62. The Balaban J connectivity index is 1.62. The smallest absolute Gasteiger partial charge is 0.282 e. The van der Waals surface area contributed by atoms with Crippen LogP contribution in [0.3, 0.4) is 0 Å². The molecule has 1 aliphatic heterocycles. The maximum Gasteiger partial charge on any atom is 0.282 e. The van der Waals surface area contributed by atoms with Crippen molar-refractivity contribution in [1.29, 1.82) is 0 Å². The first-order chi connectivity index (χ1) is 13.3. The number of benzene rings is 2. The van der Waals surface area contributed by atoms with Crippen LogP contribution in [-0.2, 0) is 14.8 Å². The van der Waals surface area contributed by atoms with E-state index in [1.165, 1.54) is 10.4 Å². The van der Waals surface area contributed by atoms with E-state index in [4.69, 9.17) is 0 Å². The normalized spacial score (nSPS) is 17.2. The number of amides is 1. The first-order valence-electron chi connectivity index (χ1n) is 8.95. The van der Waals surface area contributed by atoms with Gasteiger partial charge in [0.25, 0.3) is 5.91 Å². The van der Waals surface area contributed by atoms with Gasteiger partial charge in [-0.25, -0.2) is 17.2 Å². The third-order valence-corrected chi connectivity index (χ3v) is 6.88. The predicted molar refractivity (Wildman–Crippen MR) is 100 cm³/mol. The fourth-order valence-electron chi connectivity index (χ4n) is 3.22. The number of hydrogen-bond donors (Lipinski definition) is 2. The molecule has 28 heavy (non-hydrogen) atoms. The number of carbonyl (C=O) groups is 1. The molecule has 1 atom stereocenters. The standard InChI is InChI=1S/C19H21F2N3O3S/c1-14(19(25)22-18-16(20)8-5-9-17(18)21)23-10-12-24(13-11-23)28(26,27)15-6-3-2-4-7-15/h2-9,14H,10-13H2,1H3,(H,22,25)/p+1/t14-/m1/s1. The average Bonchev–Trinajstić information content (AvgIpc) is 2.71. The van der Waals surface area contributed by atoms with Crippen molar-refractivity contribution in [3.63, 3.8) is 0 Å². The molecular formula is C19H22F2N3O3S+. The lowest BCUT2D eigenvalue weighted by atomic mass is 10.2. The molecule has 1 fully saturated rings. The van der Waals surface area contributed by atoms with Crippen LogP contribution in [0.1, 0.15) is 6.92 Å². The summed E-state index contributed by atoms with van der Waals surface area (Å²) in [6, 6.07) is 11.0. The lowest BCUT2D eigenvalue weighted by molar-refractivity contribution is -0.917. The van der Waals surface area contributed by atoms with E-state index in [-0.39, 0.29) is 18.0 Å². The molecule has 1 aliphatic rings. The number of anilines is 1. The second kappa shape index (κ2) is 8.34. The van der Waals surface area contributed by atoms with Gasteiger partial charge in [0, 0.05) is 0 Å². The van der Waals surface area contributed by atoms with E-state index in [0.29, 0.717) is 13.1 Å². The number of quaternary nitrogens is 1. The molecule has 1 saturated heterocycles. The zero-order chi connectivity index (χ0) is 20.3. The molecule has 9 heteroatoms. The molecule has 0 aromatic heterocycles. The van der Waals surface area contributed by atoms with Crippen LogP contribution in [0.5, 0.6) is 0 Å². The topological polar surface area (TPSA) is 70.9 Å². The highest BCUT2D eigenvalue weighted by atomic mass is 32.2. The number of hydrogen-bond acceptors (Lipinski definition) is 3. The van der Waals surface area contributed by atoms with Crippen molar-refractivity contribution < 1.29 is 26.9 Å². The summed E-state index contributed by atoms with van der Waals surface area (Å²) in [5.41, 5.74) is -0.468. The highest BCUT2D eigenvalue weighted by Crippen LogP contribution is 2.18. The number of halogens is 2. The van der Waals surface area contributed by atoms with Crippen molar-refractivity contribution in [3.8, 4) is 0 Å². The Labute approximate surface area is 162 Å².